The summed E-state index contributed by atoms with van der Waals surface area (Å²) in [4.78, 5) is 106. The number of hydroxylamine groups is 4. The van der Waals surface area contributed by atoms with Gasteiger partial charge >= 0.3 is 23.9 Å². The molecule has 2 heterocycles. The van der Waals surface area contributed by atoms with Crippen molar-refractivity contribution in [2.45, 2.75) is 53.4 Å². The number of imide groups is 2. The van der Waals surface area contributed by atoms with Crippen molar-refractivity contribution in [3.63, 3.8) is 0 Å². The molecule has 2 aliphatic rings. The van der Waals surface area contributed by atoms with E-state index < -0.39 is 71.2 Å². The van der Waals surface area contributed by atoms with Crippen molar-refractivity contribution >= 4 is 47.5 Å². The minimum absolute atomic E-state index is 0.0849. The van der Waals surface area contributed by atoms with Gasteiger partial charge in [-0.25, -0.2) is 9.59 Å². The number of carbonyl (C=O) groups is 8. The molecular formula is C24H32N2O13. The molecule has 15 heteroatoms. The van der Waals surface area contributed by atoms with Gasteiger partial charge in [0.25, 0.3) is 23.6 Å². The molecule has 39 heavy (non-hydrogen) atoms. The summed E-state index contributed by atoms with van der Waals surface area (Å²) in [6.45, 7) is 5.48. The Morgan fingerprint density at radius 1 is 0.564 bits per heavy atom. The average Bonchev–Trinajstić information content (AvgIpc) is 3.33. The topological polar surface area (TPSA) is 189 Å². The Labute approximate surface area is 223 Å². The maximum Gasteiger partial charge on any atom is 0.347 e. The maximum atomic E-state index is 12.4. The van der Waals surface area contributed by atoms with E-state index in [-0.39, 0.29) is 52.1 Å². The van der Waals surface area contributed by atoms with Crippen LogP contribution in [0, 0.1) is 23.7 Å². The summed E-state index contributed by atoms with van der Waals surface area (Å²) in [6.07, 6.45) is -0.340. The van der Waals surface area contributed by atoms with Crippen LogP contribution in [-0.4, -0.2) is 84.1 Å². The number of amides is 4. The fourth-order valence-corrected chi connectivity index (χ4v) is 3.57. The van der Waals surface area contributed by atoms with Crippen LogP contribution in [0.25, 0.3) is 0 Å². The first-order valence-corrected chi connectivity index (χ1v) is 12.4. The number of esters is 2. The first-order chi connectivity index (χ1) is 18.3. The Bertz CT molecular complexity index is 896. The SMILES string of the molecule is CC(C)C(C(=O)OCCOCCOC(=O)C(C(=O)ON1C(=O)CCC1=O)C(C)C)C(=O)ON1C(=O)CCC1=O. The van der Waals surface area contributed by atoms with Crippen LogP contribution in [-0.2, 0) is 62.2 Å². The van der Waals surface area contributed by atoms with Crippen LogP contribution >= 0.6 is 0 Å². The highest BCUT2D eigenvalue weighted by atomic mass is 16.7. The molecule has 0 aliphatic carbocycles. The Kier molecular flexibility index (Phi) is 11.5. The van der Waals surface area contributed by atoms with Crippen molar-refractivity contribution in [3.05, 3.63) is 0 Å². The van der Waals surface area contributed by atoms with E-state index in [0.29, 0.717) is 10.1 Å². The van der Waals surface area contributed by atoms with Crippen LogP contribution in [0.4, 0.5) is 0 Å². The number of ether oxygens (including phenoxy) is 3. The smallest absolute Gasteiger partial charge is 0.347 e. The lowest BCUT2D eigenvalue weighted by molar-refractivity contribution is -0.204. The number of rotatable bonds is 14. The second-order valence-electron chi connectivity index (χ2n) is 9.38. The van der Waals surface area contributed by atoms with Crippen molar-refractivity contribution < 1.29 is 62.2 Å². The molecule has 0 N–H and O–H groups in total. The predicted molar refractivity (Wildman–Crippen MR) is 124 cm³/mol. The molecule has 2 aliphatic heterocycles. The van der Waals surface area contributed by atoms with E-state index in [4.69, 9.17) is 23.9 Å². The van der Waals surface area contributed by atoms with E-state index in [1.165, 1.54) is 0 Å². The van der Waals surface area contributed by atoms with Crippen molar-refractivity contribution in [3.8, 4) is 0 Å². The minimum atomic E-state index is -1.38. The van der Waals surface area contributed by atoms with Crippen molar-refractivity contribution in [2.75, 3.05) is 26.4 Å². The van der Waals surface area contributed by atoms with Gasteiger partial charge < -0.3 is 23.9 Å². The third kappa shape index (κ3) is 8.56. The molecule has 0 aromatic rings. The van der Waals surface area contributed by atoms with E-state index in [0.717, 1.165) is 0 Å². The Hall–Kier alpha value is -3.88. The van der Waals surface area contributed by atoms with Gasteiger partial charge in [0.15, 0.2) is 11.8 Å². The summed E-state index contributed by atoms with van der Waals surface area (Å²) in [6, 6.07) is 0. The quantitative estimate of drug-likeness (QED) is 0.119. The van der Waals surface area contributed by atoms with Crippen molar-refractivity contribution in [1.29, 1.82) is 0 Å². The zero-order valence-electron chi connectivity index (χ0n) is 22.2. The van der Waals surface area contributed by atoms with Crippen LogP contribution in [0.5, 0.6) is 0 Å². The third-order valence-corrected chi connectivity index (χ3v) is 5.67. The van der Waals surface area contributed by atoms with Gasteiger partial charge in [0.1, 0.15) is 13.2 Å². The molecule has 0 saturated carbocycles. The number of hydrogen-bond donors (Lipinski definition) is 0. The van der Waals surface area contributed by atoms with Crippen LogP contribution in [0.2, 0.25) is 0 Å². The lowest BCUT2D eigenvalue weighted by atomic mass is 9.96. The first kappa shape index (κ1) is 31.3. The molecule has 2 fully saturated rings. The molecule has 0 aromatic heterocycles. The average molecular weight is 557 g/mol. The number of carbonyl (C=O) groups excluding carboxylic acids is 8. The molecule has 2 atom stereocenters. The van der Waals surface area contributed by atoms with E-state index >= 15 is 0 Å². The first-order valence-electron chi connectivity index (χ1n) is 12.4. The molecule has 216 valence electrons. The monoisotopic (exact) mass is 556 g/mol. The van der Waals surface area contributed by atoms with Crippen molar-refractivity contribution in [1.82, 2.24) is 10.1 Å². The molecule has 0 radical (unpaired) electrons. The van der Waals surface area contributed by atoms with Gasteiger partial charge in [-0.05, 0) is 11.8 Å². The lowest BCUT2D eigenvalue weighted by Crippen LogP contribution is -2.39. The van der Waals surface area contributed by atoms with E-state index in [2.05, 4.69) is 0 Å². The Morgan fingerprint density at radius 3 is 1.15 bits per heavy atom. The largest absolute Gasteiger partial charge is 0.463 e. The molecule has 4 amide bonds. The van der Waals surface area contributed by atoms with Gasteiger partial charge in [-0.3, -0.25) is 28.8 Å². The standard InChI is InChI=1S/C24H32N2O13/c1-13(2)19(23(33)38-25-15(27)5-6-16(25)28)21(31)36-11-9-35-10-12-37-22(32)20(14(3)4)24(34)39-26-17(29)7-8-18(26)30/h13-14,19-20H,5-12H2,1-4H3. The summed E-state index contributed by atoms with van der Waals surface area (Å²) < 4.78 is 15.3. The molecular weight excluding hydrogens is 524 g/mol. The highest BCUT2D eigenvalue weighted by Gasteiger charge is 2.40. The lowest BCUT2D eigenvalue weighted by Gasteiger charge is -2.21. The molecule has 2 saturated heterocycles. The second kappa shape index (κ2) is 14.3. The Balaban J connectivity index is 1.71. The van der Waals surface area contributed by atoms with Crippen LogP contribution in [0.1, 0.15) is 53.4 Å². The van der Waals surface area contributed by atoms with Crippen LogP contribution in [0.3, 0.4) is 0 Å². The summed E-state index contributed by atoms with van der Waals surface area (Å²) >= 11 is 0. The van der Waals surface area contributed by atoms with Gasteiger partial charge in [0, 0.05) is 25.7 Å². The fourth-order valence-electron chi connectivity index (χ4n) is 3.57. The highest BCUT2D eigenvalue weighted by Crippen LogP contribution is 2.20. The van der Waals surface area contributed by atoms with Crippen molar-refractivity contribution in [2.24, 2.45) is 23.7 Å². The predicted octanol–water partition coefficient (Wildman–Crippen LogP) is -0.152. The zero-order chi connectivity index (χ0) is 29.3. The summed E-state index contributed by atoms with van der Waals surface area (Å²) in [5, 5.41) is 0.703. The number of nitrogens with zero attached hydrogens (tertiary/aromatic N) is 2. The van der Waals surface area contributed by atoms with E-state index in [1.807, 2.05) is 0 Å². The fraction of sp³-hybridized carbons (Fsp3) is 0.667. The summed E-state index contributed by atoms with van der Waals surface area (Å²) in [5.41, 5.74) is 0. The van der Waals surface area contributed by atoms with Gasteiger partial charge in [-0.15, -0.1) is 10.1 Å². The molecule has 0 aromatic carbocycles. The minimum Gasteiger partial charge on any atom is -0.463 e. The zero-order valence-corrected chi connectivity index (χ0v) is 22.2. The van der Waals surface area contributed by atoms with Gasteiger partial charge in [-0.2, -0.15) is 0 Å². The van der Waals surface area contributed by atoms with E-state index in [1.54, 1.807) is 27.7 Å². The molecule has 2 rings (SSSR count). The Morgan fingerprint density at radius 2 is 0.872 bits per heavy atom. The highest BCUT2D eigenvalue weighted by molar-refractivity contribution is 6.04. The third-order valence-electron chi connectivity index (χ3n) is 5.67. The molecule has 0 bridgehead atoms. The molecule has 2 unspecified atom stereocenters. The van der Waals surface area contributed by atoms with Gasteiger partial charge in [0.2, 0.25) is 0 Å². The van der Waals surface area contributed by atoms with Gasteiger partial charge in [-0.1, -0.05) is 27.7 Å². The van der Waals surface area contributed by atoms with E-state index in [9.17, 15) is 38.4 Å². The van der Waals surface area contributed by atoms with Crippen LogP contribution < -0.4 is 0 Å². The second-order valence-corrected chi connectivity index (χ2v) is 9.38. The maximum absolute atomic E-state index is 12.4. The number of hydrogen-bond acceptors (Lipinski definition) is 13. The summed E-state index contributed by atoms with van der Waals surface area (Å²) in [7, 11) is 0. The normalized spacial score (nSPS) is 17.1. The molecule has 15 nitrogen and oxygen atoms in total. The molecule has 0 spiro atoms. The summed E-state index contributed by atoms with van der Waals surface area (Å²) in [5.74, 6) is -10.6. The van der Waals surface area contributed by atoms with Gasteiger partial charge in [0.05, 0.1) is 13.2 Å². The van der Waals surface area contributed by atoms with Crippen LogP contribution in [0.15, 0.2) is 0 Å².